The zero-order chi connectivity index (χ0) is 26.1. The van der Waals surface area contributed by atoms with E-state index in [4.69, 9.17) is 22.0 Å². The third-order valence-corrected chi connectivity index (χ3v) is 7.18. The number of carboxylic acid groups (broad SMARTS) is 1. The van der Waals surface area contributed by atoms with Gasteiger partial charge in [0, 0.05) is 28.9 Å². The van der Waals surface area contributed by atoms with Gasteiger partial charge in [0.2, 0.25) is 11.5 Å². The number of nitrogen functional groups attached to an aromatic ring is 2. The second-order valence-corrected chi connectivity index (χ2v) is 9.42. The summed E-state index contributed by atoms with van der Waals surface area (Å²) in [6.45, 7) is 0.0106. The quantitative estimate of drug-likeness (QED) is 0.106. The Morgan fingerprint density at radius 3 is 2.72 bits per heavy atom. The summed E-state index contributed by atoms with van der Waals surface area (Å²) in [7, 11) is 1.23. The molecule has 1 fully saturated rings. The van der Waals surface area contributed by atoms with E-state index >= 15 is 0 Å². The van der Waals surface area contributed by atoms with E-state index < -0.39 is 35.1 Å². The van der Waals surface area contributed by atoms with Crippen LogP contribution in [0.4, 0.5) is 10.9 Å². The lowest BCUT2D eigenvalue weighted by Gasteiger charge is -2.49. The fraction of sp³-hybridized carbons (Fsp3) is 0.263. The SMILES string of the molecule is CO/N=C(\C(=O)N[C@@H]1C(=O)N2C(C(=O)O)=C(C[n+]3cc(C(N)=O)ccc3N)CS[C@H]12)c1nsc(N)n1. The summed E-state index contributed by atoms with van der Waals surface area (Å²) < 4.78 is 5.40. The van der Waals surface area contributed by atoms with Crippen LogP contribution >= 0.6 is 23.3 Å². The maximum Gasteiger partial charge on any atom is 0.352 e. The Kier molecular flexibility index (Phi) is 6.75. The summed E-state index contributed by atoms with van der Waals surface area (Å²) in [4.78, 5) is 59.1. The van der Waals surface area contributed by atoms with E-state index in [0.29, 0.717) is 5.57 Å². The Morgan fingerprint density at radius 1 is 1.36 bits per heavy atom. The number of hydrogen-bond acceptors (Lipinski definition) is 12. The van der Waals surface area contributed by atoms with Gasteiger partial charge in [-0.25, -0.2) is 9.36 Å². The van der Waals surface area contributed by atoms with Gasteiger partial charge in [0.25, 0.3) is 23.5 Å². The number of anilines is 2. The summed E-state index contributed by atoms with van der Waals surface area (Å²) in [5.41, 5.74) is 16.9. The van der Waals surface area contributed by atoms with Crippen molar-refractivity contribution in [1.29, 1.82) is 0 Å². The first-order valence-electron chi connectivity index (χ1n) is 10.1. The van der Waals surface area contributed by atoms with E-state index in [1.807, 2.05) is 0 Å². The molecule has 0 saturated carbocycles. The van der Waals surface area contributed by atoms with E-state index in [1.54, 1.807) is 0 Å². The highest BCUT2D eigenvalue weighted by molar-refractivity contribution is 8.00. The van der Waals surface area contributed by atoms with Crippen molar-refractivity contribution in [1.82, 2.24) is 19.6 Å². The number of primary amides is 1. The van der Waals surface area contributed by atoms with Gasteiger partial charge in [-0.2, -0.15) is 9.36 Å². The summed E-state index contributed by atoms with van der Waals surface area (Å²) in [5, 5.41) is 15.5. The number of aliphatic carboxylic acids is 1. The molecule has 3 amide bonds. The van der Waals surface area contributed by atoms with E-state index in [-0.39, 0.29) is 46.0 Å². The summed E-state index contributed by atoms with van der Waals surface area (Å²) >= 11 is 2.11. The largest absolute Gasteiger partial charge is 0.477 e. The Hall–Kier alpha value is -4.25. The number of nitrogens with one attached hydrogen (secondary N) is 1. The van der Waals surface area contributed by atoms with Crippen LogP contribution in [0.25, 0.3) is 0 Å². The average molecular weight is 535 g/mol. The number of oxime groups is 1. The molecule has 0 radical (unpaired) electrons. The second kappa shape index (κ2) is 9.78. The number of carbonyl (C=O) groups excluding carboxylic acids is 3. The van der Waals surface area contributed by atoms with Gasteiger partial charge in [-0.3, -0.25) is 25.0 Å². The fourth-order valence-electron chi connectivity index (χ4n) is 3.67. The number of amides is 3. The van der Waals surface area contributed by atoms with E-state index in [0.717, 1.165) is 16.4 Å². The number of β-lactam (4-membered cyclic amide) rings is 1. The summed E-state index contributed by atoms with van der Waals surface area (Å²) in [5.74, 6) is -2.98. The van der Waals surface area contributed by atoms with Crippen LogP contribution < -0.4 is 27.1 Å². The van der Waals surface area contributed by atoms with Crippen molar-refractivity contribution in [2.24, 2.45) is 10.9 Å². The van der Waals surface area contributed by atoms with E-state index in [9.17, 15) is 24.3 Å². The van der Waals surface area contributed by atoms with Gasteiger partial charge in [0.1, 0.15) is 37.0 Å². The number of fused-ring (bicyclic) bond motifs is 1. The van der Waals surface area contributed by atoms with Crippen LogP contribution in [-0.4, -0.2) is 73.0 Å². The van der Waals surface area contributed by atoms with Crippen molar-refractivity contribution in [3.05, 3.63) is 41.0 Å². The van der Waals surface area contributed by atoms with Crippen LogP contribution in [0.15, 0.2) is 34.8 Å². The molecule has 0 aliphatic carbocycles. The average Bonchev–Trinajstić information content (AvgIpc) is 3.27. The number of rotatable bonds is 8. The lowest BCUT2D eigenvalue weighted by molar-refractivity contribution is -0.674. The minimum atomic E-state index is -1.32. The molecule has 2 aliphatic heterocycles. The number of nitrogens with zero attached hydrogens (tertiary/aromatic N) is 5. The number of aromatic nitrogens is 3. The molecule has 2 aliphatic rings. The zero-order valence-electron chi connectivity index (χ0n) is 18.6. The number of hydrogen-bond donors (Lipinski definition) is 5. The first-order valence-corrected chi connectivity index (χ1v) is 11.9. The molecule has 8 N–H and O–H groups in total. The maximum absolute atomic E-state index is 13.0. The van der Waals surface area contributed by atoms with Crippen molar-refractivity contribution >= 4 is 63.6 Å². The molecule has 2 atom stereocenters. The normalized spacial score (nSPS) is 19.4. The van der Waals surface area contributed by atoms with Crippen LogP contribution in [0.3, 0.4) is 0 Å². The van der Waals surface area contributed by atoms with E-state index in [2.05, 4.69) is 19.8 Å². The van der Waals surface area contributed by atoms with Crippen LogP contribution in [0.5, 0.6) is 0 Å². The first kappa shape index (κ1) is 24.9. The van der Waals surface area contributed by atoms with Crippen molar-refractivity contribution in [3.8, 4) is 0 Å². The van der Waals surface area contributed by atoms with Crippen LogP contribution in [0.1, 0.15) is 16.2 Å². The third kappa shape index (κ3) is 4.52. The first-order chi connectivity index (χ1) is 17.1. The van der Waals surface area contributed by atoms with Gasteiger partial charge in [-0.1, -0.05) is 5.16 Å². The van der Waals surface area contributed by atoms with Crippen molar-refractivity contribution in [3.63, 3.8) is 0 Å². The molecule has 36 heavy (non-hydrogen) atoms. The Bertz CT molecular complexity index is 1340. The second-order valence-electron chi connectivity index (χ2n) is 7.53. The lowest BCUT2D eigenvalue weighted by atomic mass is 10.0. The molecular weight excluding hydrogens is 514 g/mol. The summed E-state index contributed by atoms with van der Waals surface area (Å²) in [6.07, 6.45) is 1.41. The number of nitrogens with two attached hydrogens (primary N) is 3. The molecule has 2 aromatic rings. The highest BCUT2D eigenvalue weighted by Gasteiger charge is 2.54. The predicted molar refractivity (Wildman–Crippen MR) is 127 cm³/mol. The van der Waals surface area contributed by atoms with Gasteiger partial charge >= 0.3 is 5.97 Å². The molecule has 0 aromatic carbocycles. The number of thioether (sulfide) groups is 1. The van der Waals surface area contributed by atoms with Gasteiger partial charge in [0.05, 0.1) is 5.56 Å². The monoisotopic (exact) mass is 534 g/mol. The van der Waals surface area contributed by atoms with Gasteiger partial charge in [0.15, 0.2) is 5.13 Å². The van der Waals surface area contributed by atoms with Crippen molar-refractivity contribution < 1.29 is 33.7 Å². The van der Waals surface area contributed by atoms with Gasteiger partial charge in [-0.15, -0.1) is 11.8 Å². The van der Waals surface area contributed by atoms with Crippen molar-refractivity contribution in [2.45, 2.75) is 18.0 Å². The topological polar surface area (TPSA) is 233 Å². The predicted octanol–water partition coefficient (Wildman–Crippen LogP) is -2.12. The molecule has 1 saturated heterocycles. The maximum atomic E-state index is 13.0. The molecule has 4 heterocycles. The standard InChI is InChI=1S/C19H19N9O6S2/c1-34-25-10(14-24-19(22)36-26-14)15(30)23-11-16(31)28-12(18(32)33)8(6-35-17(11)28)5-27-4-7(13(21)29)2-3-9(27)20/h2-4,11,17,20H,5-6H2,1H3,(H6,21,22,23,24,26,29,30,32,33)/p+1/b25-10-/t11-,17-/m1/s1. The Labute approximate surface area is 211 Å². The smallest absolute Gasteiger partial charge is 0.352 e. The van der Waals surface area contributed by atoms with Crippen LogP contribution in [0, 0.1) is 0 Å². The molecule has 188 valence electrons. The molecule has 0 unspecified atom stereocenters. The minimum Gasteiger partial charge on any atom is -0.477 e. The minimum absolute atomic E-state index is 0.0106. The number of carbonyl (C=O) groups is 4. The fourth-order valence-corrected chi connectivity index (χ4v) is 5.44. The molecule has 4 rings (SSSR count). The number of pyridine rings is 1. The highest BCUT2D eigenvalue weighted by atomic mass is 32.2. The Morgan fingerprint density at radius 2 is 2.11 bits per heavy atom. The van der Waals surface area contributed by atoms with Gasteiger partial charge in [-0.05, 0) is 6.07 Å². The lowest BCUT2D eigenvalue weighted by Crippen LogP contribution is -2.71. The highest BCUT2D eigenvalue weighted by Crippen LogP contribution is 2.40. The molecule has 17 heteroatoms. The van der Waals surface area contributed by atoms with Gasteiger partial charge < -0.3 is 26.7 Å². The van der Waals surface area contributed by atoms with E-state index in [1.165, 1.54) is 41.8 Å². The molecule has 0 bridgehead atoms. The molecule has 0 spiro atoms. The van der Waals surface area contributed by atoms with Crippen LogP contribution in [0.2, 0.25) is 0 Å². The Balaban J connectivity index is 1.56. The zero-order valence-corrected chi connectivity index (χ0v) is 20.2. The molecule has 15 nitrogen and oxygen atoms in total. The third-order valence-electron chi connectivity index (χ3n) is 5.29. The molecular formula is C19H20N9O6S2+. The number of carboxylic acids is 1. The molecule has 2 aromatic heterocycles. The van der Waals surface area contributed by atoms with Crippen molar-refractivity contribution in [2.75, 3.05) is 24.3 Å². The van der Waals surface area contributed by atoms with Crippen LogP contribution in [-0.2, 0) is 25.8 Å². The summed E-state index contributed by atoms with van der Waals surface area (Å²) in [6, 6.07) is 1.91.